The van der Waals surface area contributed by atoms with Crippen molar-refractivity contribution in [3.05, 3.63) is 22.8 Å². The molecule has 3 heteroatoms. The summed E-state index contributed by atoms with van der Waals surface area (Å²) < 4.78 is 1.06. The molecular weight excluding hydrogens is 228 g/mol. The summed E-state index contributed by atoms with van der Waals surface area (Å²) in [5, 5.41) is 0. The maximum absolute atomic E-state index is 4.35. The van der Waals surface area contributed by atoms with Gasteiger partial charge in [0.25, 0.3) is 0 Å². The predicted molar refractivity (Wildman–Crippen MR) is 60.1 cm³/mol. The minimum absolute atomic E-state index is 0.483. The number of aromatic nitrogens is 1. The van der Waals surface area contributed by atoms with Gasteiger partial charge in [0.2, 0.25) is 0 Å². The molecule has 0 radical (unpaired) electrons. The standard InChI is InChI=1S/C10H15BrN2/c1-4-13(8(2)3)10-9(11)6-5-7-12-10/h5-8H,4H2,1-3H3. The average molecular weight is 243 g/mol. The molecule has 0 spiro atoms. The summed E-state index contributed by atoms with van der Waals surface area (Å²) in [4.78, 5) is 6.60. The molecule has 0 fully saturated rings. The van der Waals surface area contributed by atoms with Crippen LogP contribution in [0.4, 0.5) is 5.82 Å². The Hall–Kier alpha value is -0.570. The molecular formula is C10H15BrN2. The largest absolute Gasteiger partial charge is 0.354 e. The lowest BCUT2D eigenvalue weighted by Crippen LogP contribution is -2.31. The zero-order valence-corrected chi connectivity index (χ0v) is 9.87. The van der Waals surface area contributed by atoms with Crippen molar-refractivity contribution in [2.24, 2.45) is 0 Å². The van der Waals surface area contributed by atoms with E-state index in [4.69, 9.17) is 0 Å². The van der Waals surface area contributed by atoms with E-state index >= 15 is 0 Å². The second-order valence-corrected chi connectivity index (χ2v) is 4.04. The Balaban J connectivity index is 2.97. The smallest absolute Gasteiger partial charge is 0.143 e. The van der Waals surface area contributed by atoms with Crippen LogP contribution >= 0.6 is 15.9 Å². The third-order valence-electron chi connectivity index (χ3n) is 1.98. The monoisotopic (exact) mass is 242 g/mol. The van der Waals surface area contributed by atoms with Crippen molar-refractivity contribution in [1.82, 2.24) is 4.98 Å². The maximum atomic E-state index is 4.35. The number of anilines is 1. The minimum atomic E-state index is 0.483. The highest BCUT2D eigenvalue weighted by atomic mass is 79.9. The fourth-order valence-corrected chi connectivity index (χ4v) is 1.83. The summed E-state index contributed by atoms with van der Waals surface area (Å²) >= 11 is 3.50. The van der Waals surface area contributed by atoms with E-state index in [9.17, 15) is 0 Å². The second-order valence-electron chi connectivity index (χ2n) is 3.19. The molecule has 1 aromatic heterocycles. The van der Waals surface area contributed by atoms with Crippen LogP contribution in [0.5, 0.6) is 0 Å². The number of rotatable bonds is 3. The Morgan fingerprint density at radius 3 is 2.69 bits per heavy atom. The van der Waals surface area contributed by atoms with E-state index in [-0.39, 0.29) is 0 Å². The molecule has 0 aliphatic rings. The van der Waals surface area contributed by atoms with Crippen molar-refractivity contribution in [2.45, 2.75) is 26.8 Å². The fourth-order valence-electron chi connectivity index (χ4n) is 1.35. The molecule has 1 aromatic rings. The van der Waals surface area contributed by atoms with Crippen molar-refractivity contribution in [3.63, 3.8) is 0 Å². The Bertz CT molecular complexity index is 273. The summed E-state index contributed by atoms with van der Waals surface area (Å²) in [5.74, 6) is 1.03. The van der Waals surface area contributed by atoms with E-state index in [1.54, 1.807) is 0 Å². The van der Waals surface area contributed by atoms with E-state index in [2.05, 4.69) is 46.6 Å². The summed E-state index contributed by atoms with van der Waals surface area (Å²) in [6.07, 6.45) is 1.82. The van der Waals surface area contributed by atoms with Gasteiger partial charge in [-0.1, -0.05) is 0 Å². The number of pyridine rings is 1. The number of hydrogen-bond donors (Lipinski definition) is 0. The first-order chi connectivity index (χ1) is 6.16. The molecule has 0 bridgehead atoms. The van der Waals surface area contributed by atoms with Crippen molar-refractivity contribution in [1.29, 1.82) is 0 Å². The lowest BCUT2D eigenvalue weighted by molar-refractivity contribution is 0.692. The van der Waals surface area contributed by atoms with Gasteiger partial charge in [0.15, 0.2) is 0 Å². The molecule has 0 atom stereocenters. The van der Waals surface area contributed by atoms with Crippen LogP contribution in [0.3, 0.4) is 0 Å². The van der Waals surface area contributed by atoms with Crippen LogP contribution in [0.15, 0.2) is 22.8 Å². The zero-order valence-electron chi connectivity index (χ0n) is 8.29. The molecule has 1 rings (SSSR count). The van der Waals surface area contributed by atoms with Crippen LogP contribution in [0.25, 0.3) is 0 Å². The average Bonchev–Trinajstić information content (AvgIpc) is 2.09. The fraction of sp³-hybridized carbons (Fsp3) is 0.500. The summed E-state index contributed by atoms with van der Waals surface area (Å²) in [6.45, 7) is 7.46. The van der Waals surface area contributed by atoms with E-state index in [0.717, 1.165) is 16.8 Å². The lowest BCUT2D eigenvalue weighted by Gasteiger charge is -2.26. The molecule has 72 valence electrons. The Morgan fingerprint density at radius 2 is 2.23 bits per heavy atom. The minimum Gasteiger partial charge on any atom is -0.354 e. The topological polar surface area (TPSA) is 16.1 Å². The number of halogens is 1. The highest BCUT2D eigenvalue weighted by Crippen LogP contribution is 2.24. The third kappa shape index (κ3) is 2.44. The molecule has 1 heterocycles. The van der Waals surface area contributed by atoms with Gasteiger partial charge in [-0.15, -0.1) is 0 Å². The molecule has 2 nitrogen and oxygen atoms in total. The molecule has 0 aliphatic heterocycles. The highest BCUT2D eigenvalue weighted by Gasteiger charge is 2.11. The summed E-state index contributed by atoms with van der Waals surface area (Å²) in [5.41, 5.74) is 0. The van der Waals surface area contributed by atoms with Crippen LogP contribution in [-0.2, 0) is 0 Å². The zero-order chi connectivity index (χ0) is 9.84. The second kappa shape index (κ2) is 4.61. The van der Waals surface area contributed by atoms with Gasteiger partial charge in [-0.2, -0.15) is 0 Å². The van der Waals surface area contributed by atoms with Crippen LogP contribution in [0.2, 0.25) is 0 Å². The summed E-state index contributed by atoms with van der Waals surface area (Å²) in [6, 6.07) is 4.44. The van der Waals surface area contributed by atoms with Crippen LogP contribution < -0.4 is 4.90 Å². The SMILES string of the molecule is CCN(c1ncccc1Br)C(C)C. The van der Waals surface area contributed by atoms with Crippen molar-refractivity contribution >= 4 is 21.7 Å². The molecule has 0 saturated carbocycles. The van der Waals surface area contributed by atoms with Crippen molar-refractivity contribution in [3.8, 4) is 0 Å². The molecule has 0 aliphatic carbocycles. The van der Waals surface area contributed by atoms with Gasteiger partial charge < -0.3 is 4.90 Å². The lowest BCUT2D eigenvalue weighted by atomic mass is 10.3. The van der Waals surface area contributed by atoms with Gasteiger partial charge in [0.05, 0.1) is 4.47 Å². The van der Waals surface area contributed by atoms with Gasteiger partial charge >= 0.3 is 0 Å². The first kappa shape index (κ1) is 10.5. The van der Waals surface area contributed by atoms with E-state index in [1.807, 2.05) is 18.3 Å². The first-order valence-corrected chi connectivity index (χ1v) is 5.33. The Morgan fingerprint density at radius 1 is 1.54 bits per heavy atom. The van der Waals surface area contributed by atoms with E-state index < -0.39 is 0 Å². The molecule has 13 heavy (non-hydrogen) atoms. The number of nitrogens with zero attached hydrogens (tertiary/aromatic N) is 2. The molecule has 0 saturated heterocycles. The quantitative estimate of drug-likeness (QED) is 0.810. The van der Waals surface area contributed by atoms with Gasteiger partial charge in [0.1, 0.15) is 5.82 Å². The molecule has 0 amide bonds. The van der Waals surface area contributed by atoms with Crippen molar-refractivity contribution in [2.75, 3.05) is 11.4 Å². The van der Waals surface area contributed by atoms with Gasteiger partial charge in [-0.25, -0.2) is 4.98 Å². The Labute approximate surface area is 88.1 Å². The van der Waals surface area contributed by atoms with Crippen LogP contribution in [0.1, 0.15) is 20.8 Å². The van der Waals surface area contributed by atoms with Crippen LogP contribution in [-0.4, -0.2) is 17.6 Å². The third-order valence-corrected chi connectivity index (χ3v) is 2.59. The van der Waals surface area contributed by atoms with Gasteiger partial charge in [-0.05, 0) is 48.8 Å². The number of hydrogen-bond acceptors (Lipinski definition) is 2. The first-order valence-electron chi connectivity index (χ1n) is 4.54. The van der Waals surface area contributed by atoms with Crippen LogP contribution in [0, 0.1) is 0 Å². The van der Waals surface area contributed by atoms with E-state index in [1.165, 1.54) is 0 Å². The highest BCUT2D eigenvalue weighted by molar-refractivity contribution is 9.10. The van der Waals surface area contributed by atoms with Gasteiger partial charge in [-0.3, -0.25) is 0 Å². The van der Waals surface area contributed by atoms with E-state index in [0.29, 0.717) is 6.04 Å². The molecule has 0 N–H and O–H groups in total. The Kier molecular flexibility index (Phi) is 3.72. The molecule has 0 aromatic carbocycles. The predicted octanol–water partition coefficient (Wildman–Crippen LogP) is 3.08. The maximum Gasteiger partial charge on any atom is 0.143 e. The normalized spacial score (nSPS) is 10.5. The van der Waals surface area contributed by atoms with Gasteiger partial charge in [0, 0.05) is 18.8 Å². The van der Waals surface area contributed by atoms with Crippen molar-refractivity contribution < 1.29 is 0 Å². The summed E-state index contributed by atoms with van der Waals surface area (Å²) in [7, 11) is 0. The molecule has 0 unspecified atom stereocenters.